The molecule has 0 spiro atoms. The molecule has 4 atom stereocenters. The Labute approximate surface area is 122 Å². The molecule has 1 heterocycles. The summed E-state index contributed by atoms with van der Waals surface area (Å²) in [6.07, 6.45) is 5.79. The van der Waals surface area contributed by atoms with Gasteiger partial charge < -0.3 is 15.4 Å². The van der Waals surface area contributed by atoms with Gasteiger partial charge in [0, 0.05) is 6.54 Å². The van der Waals surface area contributed by atoms with Gasteiger partial charge in [-0.25, -0.2) is 0 Å². The third-order valence-corrected chi connectivity index (χ3v) is 4.56. The Kier molecular flexibility index (Phi) is 6.57. The van der Waals surface area contributed by atoms with Gasteiger partial charge >= 0.3 is 0 Å². The van der Waals surface area contributed by atoms with Gasteiger partial charge in [0.25, 0.3) is 0 Å². The van der Waals surface area contributed by atoms with Crippen molar-refractivity contribution in [1.82, 2.24) is 4.90 Å². The number of amides is 1. The number of nitrogens with two attached hydrogens (primary N) is 1. The summed E-state index contributed by atoms with van der Waals surface area (Å²) in [7, 11) is 0. The Morgan fingerprint density at radius 2 is 2.11 bits per heavy atom. The quantitative estimate of drug-likeness (QED) is 0.864. The Hall–Kier alpha value is -0.320. The van der Waals surface area contributed by atoms with E-state index >= 15 is 0 Å². The van der Waals surface area contributed by atoms with Crippen molar-refractivity contribution in [3.05, 3.63) is 0 Å². The van der Waals surface area contributed by atoms with Crippen LogP contribution in [-0.4, -0.2) is 42.1 Å². The van der Waals surface area contributed by atoms with E-state index in [0.29, 0.717) is 13.2 Å². The summed E-state index contributed by atoms with van der Waals surface area (Å²) in [5, 5.41) is 0. The molecule has 0 aromatic heterocycles. The van der Waals surface area contributed by atoms with Crippen LogP contribution in [0.1, 0.15) is 46.0 Å². The molecule has 0 radical (unpaired) electrons. The molecule has 1 aliphatic carbocycles. The average molecular weight is 291 g/mol. The van der Waals surface area contributed by atoms with Crippen LogP contribution in [0.15, 0.2) is 0 Å². The standard InChI is InChI=1S/C14H26N2O2.ClH/c1-3-10(2)13(15)14(17)16-8-9-18-12-7-5-4-6-11(12)16;/h10-13H,3-9,15H2,1-2H3;1H. The predicted octanol–water partition coefficient (Wildman–Crippen LogP) is 1.95. The largest absolute Gasteiger partial charge is 0.374 e. The van der Waals surface area contributed by atoms with E-state index in [1.54, 1.807) is 0 Å². The van der Waals surface area contributed by atoms with Crippen LogP contribution in [0.3, 0.4) is 0 Å². The second kappa shape index (κ2) is 7.46. The maximum Gasteiger partial charge on any atom is 0.240 e. The minimum Gasteiger partial charge on any atom is -0.374 e. The Bertz CT molecular complexity index is 299. The highest BCUT2D eigenvalue weighted by atomic mass is 35.5. The number of ether oxygens (including phenoxy) is 1. The zero-order valence-corrected chi connectivity index (χ0v) is 12.8. The molecular formula is C14H27ClN2O2. The number of hydrogen-bond acceptors (Lipinski definition) is 3. The van der Waals surface area contributed by atoms with E-state index in [1.165, 1.54) is 12.8 Å². The van der Waals surface area contributed by atoms with Gasteiger partial charge in [-0.3, -0.25) is 4.79 Å². The number of hydrogen-bond donors (Lipinski definition) is 1. The van der Waals surface area contributed by atoms with Crippen molar-refractivity contribution < 1.29 is 9.53 Å². The highest BCUT2D eigenvalue weighted by Crippen LogP contribution is 2.29. The van der Waals surface area contributed by atoms with Crippen LogP contribution < -0.4 is 5.73 Å². The minimum atomic E-state index is -0.351. The van der Waals surface area contributed by atoms with Crippen LogP contribution in [0.5, 0.6) is 0 Å². The van der Waals surface area contributed by atoms with Gasteiger partial charge in [0.1, 0.15) is 0 Å². The van der Waals surface area contributed by atoms with Gasteiger partial charge in [-0.1, -0.05) is 33.1 Å². The first kappa shape index (κ1) is 16.7. The molecule has 19 heavy (non-hydrogen) atoms. The SMILES string of the molecule is CCC(C)C(N)C(=O)N1CCOC2CCCCC21.Cl. The number of halogens is 1. The molecule has 2 fully saturated rings. The van der Waals surface area contributed by atoms with Gasteiger partial charge in [-0.15, -0.1) is 12.4 Å². The predicted molar refractivity (Wildman–Crippen MR) is 78.4 cm³/mol. The highest BCUT2D eigenvalue weighted by molar-refractivity contribution is 5.85. The van der Waals surface area contributed by atoms with E-state index < -0.39 is 0 Å². The summed E-state index contributed by atoms with van der Waals surface area (Å²) in [5.41, 5.74) is 6.09. The molecule has 1 amide bonds. The number of fused-ring (bicyclic) bond motifs is 1. The summed E-state index contributed by atoms with van der Waals surface area (Å²) in [6, 6.07) is -0.0780. The molecule has 2 N–H and O–H groups in total. The van der Waals surface area contributed by atoms with Crippen molar-refractivity contribution in [2.24, 2.45) is 11.7 Å². The van der Waals surface area contributed by atoms with Crippen LogP contribution in [-0.2, 0) is 9.53 Å². The third kappa shape index (κ3) is 3.61. The van der Waals surface area contributed by atoms with E-state index in [2.05, 4.69) is 13.8 Å². The first-order valence-electron chi connectivity index (χ1n) is 7.32. The molecule has 0 aromatic carbocycles. The van der Waals surface area contributed by atoms with E-state index in [9.17, 15) is 4.79 Å². The van der Waals surface area contributed by atoms with E-state index in [4.69, 9.17) is 10.5 Å². The van der Waals surface area contributed by atoms with Gasteiger partial charge in [0.05, 0.1) is 24.8 Å². The second-order valence-corrected chi connectivity index (χ2v) is 5.70. The normalized spacial score (nSPS) is 29.9. The first-order valence-corrected chi connectivity index (χ1v) is 7.32. The minimum absolute atomic E-state index is 0. The van der Waals surface area contributed by atoms with Crippen LogP contribution in [0.4, 0.5) is 0 Å². The summed E-state index contributed by atoms with van der Waals surface area (Å²) in [5.74, 6) is 0.381. The van der Waals surface area contributed by atoms with Crippen molar-refractivity contribution in [1.29, 1.82) is 0 Å². The van der Waals surface area contributed by atoms with Crippen molar-refractivity contribution in [3.8, 4) is 0 Å². The lowest BCUT2D eigenvalue weighted by Gasteiger charge is -2.45. The van der Waals surface area contributed by atoms with Crippen LogP contribution in [0, 0.1) is 5.92 Å². The van der Waals surface area contributed by atoms with Crippen LogP contribution in [0.2, 0.25) is 0 Å². The molecule has 0 aromatic rings. The number of carbonyl (C=O) groups is 1. The average Bonchev–Trinajstić information content (AvgIpc) is 2.44. The zero-order chi connectivity index (χ0) is 13.1. The fraction of sp³-hybridized carbons (Fsp3) is 0.929. The lowest BCUT2D eigenvalue weighted by atomic mass is 9.89. The molecule has 0 bridgehead atoms. The maximum absolute atomic E-state index is 12.5. The van der Waals surface area contributed by atoms with Gasteiger partial charge in [-0.05, 0) is 18.8 Å². The molecule has 1 saturated heterocycles. The lowest BCUT2D eigenvalue weighted by Crippen LogP contribution is -2.59. The van der Waals surface area contributed by atoms with E-state index in [0.717, 1.165) is 19.3 Å². The van der Waals surface area contributed by atoms with Crippen LogP contribution in [0.25, 0.3) is 0 Å². The van der Waals surface area contributed by atoms with Gasteiger partial charge in [-0.2, -0.15) is 0 Å². The zero-order valence-electron chi connectivity index (χ0n) is 12.0. The molecule has 1 saturated carbocycles. The topological polar surface area (TPSA) is 55.6 Å². The Morgan fingerprint density at radius 3 is 2.79 bits per heavy atom. The fourth-order valence-corrected chi connectivity index (χ4v) is 3.06. The number of carbonyl (C=O) groups excluding carboxylic acids is 1. The highest BCUT2D eigenvalue weighted by Gasteiger charge is 2.38. The lowest BCUT2D eigenvalue weighted by molar-refractivity contribution is -0.152. The Balaban J connectivity index is 0.00000180. The third-order valence-electron chi connectivity index (χ3n) is 4.56. The molecule has 4 unspecified atom stereocenters. The monoisotopic (exact) mass is 290 g/mol. The summed E-state index contributed by atoms with van der Waals surface area (Å²) in [4.78, 5) is 14.5. The second-order valence-electron chi connectivity index (χ2n) is 5.70. The molecular weight excluding hydrogens is 264 g/mol. The van der Waals surface area contributed by atoms with E-state index in [-0.39, 0.29) is 42.4 Å². The summed E-state index contributed by atoms with van der Waals surface area (Å²) >= 11 is 0. The molecule has 2 rings (SSSR count). The van der Waals surface area contributed by atoms with Crippen molar-refractivity contribution in [2.75, 3.05) is 13.2 Å². The number of morpholine rings is 1. The fourth-order valence-electron chi connectivity index (χ4n) is 3.06. The molecule has 5 heteroatoms. The van der Waals surface area contributed by atoms with Crippen molar-refractivity contribution >= 4 is 18.3 Å². The van der Waals surface area contributed by atoms with Gasteiger partial charge in [0.2, 0.25) is 5.91 Å². The molecule has 1 aliphatic heterocycles. The first-order chi connectivity index (χ1) is 8.65. The van der Waals surface area contributed by atoms with Crippen LogP contribution >= 0.6 is 12.4 Å². The number of rotatable bonds is 3. The maximum atomic E-state index is 12.5. The summed E-state index contributed by atoms with van der Waals surface area (Å²) < 4.78 is 5.79. The molecule has 4 nitrogen and oxygen atoms in total. The number of nitrogens with zero attached hydrogens (tertiary/aromatic N) is 1. The smallest absolute Gasteiger partial charge is 0.240 e. The van der Waals surface area contributed by atoms with Crippen molar-refractivity contribution in [3.63, 3.8) is 0 Å². The van der Waals surface area contributed by atoms with Gasteiger partial charge in [0.15, 0.2) is 0 Å². The van der Waals surface area contributed by atoms with E-state index in [1.807, 2.05) is 4.90 Å². The summed E-state index contributed by atoms with van der Waals surface area (Å²) in [6.45, 7) is 5.52. The Morgan fingerprint density at radius 1 is 1.42 bits per heavy atom. The molecule has 2 aliphatic rings. The van der Waals surface area contributed by atoms with Crippen molar-refractivity contribution in [2.45, 2.75) is 64.1 Å². The molecule has 112 valence electrons.